The topological polar surface area (TPSA) is 54.4 Å². The molecule has 1 aromatic carbocycles. The van der Waals surface area contributed by atoms with Gasteiger partial charge in [-0.15, -0.1) is 0 Å². The third kappa shape index (κ3) is 3.16. The molecule has 0 aliphatic heterocycles. The second kappa shape index (κ2) is 6.04. The number of carbonyl (C=O) groups excluding carboxylic acids is 1. The molecule has 0 radical (unpaired) electrons. The Hall–Kier alpha value is -1.90. The first kappa shape index (κ1) is 14.5. The Morgan fingerprint density at radius 1 is 1.10 bits per heavy atom. The molecule has 1 fully saturated rings. The molecule has 3 heteroatoms. The molecule has 1 aromatic rings. The average Bonchev–Trinajstić information content (AvgIpc) is 2.46. The molecule has 1 aliphatic carbocycles. The molecule has 0 spiro atoms. The number of carbonyl (C=O) groups is 2. The maximum Gasteiger partial charge on any atom is 0.335 e. The van der Waals surface area contributed by atoms with Gasteiger partial charge in [0.2, 0.25) is 0 Å². The average molecular weight is 272 g/mol. The summed E-state index contributed by atoms with van der Waals surface area (Å²) in [6.07, 6.45) is 3.99. The molecule has 0 saturated heterocycles. The van der Waals surface area contributed by atoms with Crippen LogP contribution in [0.25, 0.3) is 5.57 Å². The number of hydrogen-bond donors (Lipinski definition) is 1. The van der Waals surface area contributed by atoms with Crippen molar-refractivity contribution in [2.75, 3.05) is 0 Å². The van der Waals surface area contributed by atoms with Gasteiger partial charge in [-0.1, -0.05) is 30.8 Å². The second-order valence-electron chi connectivity index (χ2n) is 5.56. The Balaban J connectivity index is 2.03. The summed E-state index contributed by atoms with van der Waals surface area (Å²) in [5.74, 6) is 0.0336. The van der Waals surface area contributed by atoms with Gasteiger partial charge in [-0.3, -0.25) is 4.79 Å². The molecular weight excluding hydrogens is 252 g/mol. The Morgan fingerprint density at radius 3 is 2.10 bits per heavy atom. The third-order valence-electron chi connectivity index (χ3n) is 4.29. The molecule has 20 heavy (non-hydrogen) atoms. The van der Waals surface area contributed by atoms with Crippen LogP contribution in [-0.4, -0.2) is 16.9 Å². The number of carboxylic acid groups (broad SMARTS) is 1. The Labute approximate surface area is 119 Å². The van der Waals surface area contributed by atoms with Crippen molar-refractivity contribution in [2.45, 2.75) is 38.5 Å². The van der Waals surface area contributed by atoms with E-state index in [9.17, 15) is 9.59 Å². The summed E-state index contributed by atoms with van der Waals surface area (Å²) >= 11 is 0. The summed E-state index contributed by atoms with van der Waals surface area (Å²) in [6, 6.07) is 7.62. The van der Waals surface area contributed by atoms with Crippen LogP contribution in [-0.2, 0) is 9.59 Å². The fourth-order valence-corrected chi connectivity index (χ4v) is 2.91. The van der Waals surface area contributed by atoms with E-state index in [1.807, 2.05) is 24.3 Å². The minimum Gasteiger partial charge on any atom is -0.478 e. The second-order valence-corrected chi connectivity index (χ2v) is 5.56. The monoisotopic (exact) mass is 272 g/mol. The summed E-state index contributed by atoms with van der Waals surface area (Å²) in [5, 5.41) is 8.90. The van der Waals surface area contributed by atoms with Gasteiger partial charge in [0.1, 0.15) is 5.78 Å². The number of Topliss-reactive ketones (excluding diaryl/α,β-unsaturated/α-hetero) is 1. The van der Waals surface area contributed by atoms with Gasteiger partial charge in [-0.2, -0.15) is 0 Å². The van der Waals surface area contributed by atoms with E-state index in [2.05, 4.69) is 6.58 Å². The predicted molar refractivity (Wildman–Crippen MR) is 78.5 cm³/mol. The smallest absolute Gasteiger partial charge is 0.335 e. The van der Waals surface area contributed by atoms with Crippen LogP contribution in [0.5, 0.6) is 0 Å². The zero-order valence-electron chi connectivity index (χ0n) is 11.8. The number of carboxylic acids is 1. The lowest BCUT2D eigenvalue weighted by molar-refractivity contribution is -0.130. The lowest BCUT2D eigenvalue weighted by Crippen LogP contribution is -2.18. The lowest BCUT2D eigenvalue weighted by atomic mass is 9.77. The number of hydrogen-bond acceptors (Lipinski definition) is 2. The maximum atomic E-state index is 11.4. The van der Waals surface area contributed by atoms with Gasteiger partial charge < -0.3 is 5.11 Å². The quantitative estimate of drug-likeness (QED) is 0.851. The van der Waals surface area contributed by atoms with E-state index in [-0.39, 0.29) is 11.5 Å². The first-order valence-corrected chi connectivity index (χ1v) is 7.02. The summed E-state index contributed by atoms with van der Waals surface area (Å²) in [7, 11) is 0. The van der Waals surface area contributed by atoms with E-state index in [1.165, 1.54) is 5.56 Å². The predicted octanol–water partition coefficient (Wildman–Crippen LogP) is 3.65. The van der Waals surface area contributed by atoms with Crippen LogP contribution in [0.4, 0.5) is 0 Å². The van der Waals surface area contributed by atoms with Crippen molar-refractivity contribution >= 4 is 17.3 Å². The molecule has 0 atom stereocenters. The molecule has 0 amide bonds. The van der Waals surface area contributed by atoms with Crippen molar-refractivity contribution in [1.29, 1.82) is 0 Å². The zero-order chi connectivity index (χ0) is 14.7. The highest BCUT2D eigenvalue weighted by Crippen LogP contribution is 2.36. The van der Waals surface area contributed by atoms with E-state index in [0.29, 0.717) is 17.3 Å². The highest BCUT2D eigenvalue weighted by Gasteiger charge is 2.24. The number of aliphatic carboxylic acids is 1. The fraction of sp³-hybridized carbons (Fsp3) is 0.412. The standard InChI is InChI=1S/C17H20O3/c1-11(17(19)20)13-3-7-15(8-4-13)16-9-5-14(6-10-16)12(2)18/h3-4,7-8,14,16H,1,5-6,9-10H2,2H3,(H,19,20). The first-order valence-electron chi connectivity index (χ1n) is 7.02. The van der Waals surface area contributed by atoms with E-state index in [0.717, 1.165) is 25.7 Å². The van der Waals surface area contributed by atoms with Gasteiger partial charge in [0.05, 0.1) is 5.57 Å². The molecule has 0 aromatic heterocycles. The largest absolute Gasteiger partial charge is 0.478 e. The van der Waals surface area contributed by atoms with Crippen molar-refractivity contribution in [3.8, 4) is 0 Å². The minimum atomic E-state index is -0.986. The number of rotatable bonds is 4. The highest BCUT2D eigenvalue weighted by molar-refractivity contribution is 6.14. The molecule has 1 aliphatic rings. The van der Waals surface area contributed by atoms with Crippen molar-refractivity contribution in [1.82, 2.24) is 0 Å². The van der Waals surface area contributed by atoms with Crippen LogP contribution in [0.1, 0.15) is 49.7 Å². The van der Waals surface area contributed by atoms with Crippen molar-refractivity contribution < 1.29 is 14.7 Å². The van der Waals surface area contributed by atoms with Crippen LogP contribution >= 0.6 is 0 Å². The normalized spacial score (nSPS) is 22.2. The molecule has 0 bridgehead atoms. The van der Waals surface area contributed by atoms with Crippen molar-refractivity contribution in [3.05, 3.63) is 42.0 Å². The zero-order valence-corrected chi connectivity index (χ0v) is 11.8. The molecule has 1 saturated carbocycles. The molecule has 0 heterocycles. The summed E-state index contributed by atoms with van der Waals surface area (Å²) in [6.45, 7) is 5.24. The SMILES string of the molecule is C=C(C(=O)O)c1ccc(C2CCC(C(C)=O)CC2)cc1. The lowest BCUT2D eigenvalue weighted by Gasteiger charge is -2.27. The Kier molecular flexibility index (Phi) is 4.38. The van der Waals surface area contributed by atoms with E-state index in [1.54, 1.807) is 6.92 Å². The highest BCUT2D eigenvalue weighted by atomic mass is 16.4. The van der Waals surface area contributed by atoms with Crippen LogP contribution in [0.15, 0.2) is 30.8 Å². The number of benzene rings is 1. The van der Waals surface area contributed by atoms with Crippen LogP contribution in [0.3, 0.4) is 0 Å². The van der Waals surface area contributed by atoms with Crippen molar-refractivity contribution in [3.63, 3.8) is 0 Å². The van der Waals surface area contributed by atoms with Gasteiger partial charge in [-0.25, -0.2) is 4.79 Å². The van der Waals surface area contributed by atoms with E-state index < -0.39 is 5.97 Å². The summed E-state index contributed by atoms with van der Waals surface area (Å²) in [4.78, 5) is 22.2. The third-order valence-corrected chi connectivity index (χ3v) is 4.29. The Morgan fingerprint density at radius 2 is 1.65 bits per heavy atom. The van der Waals surface area contributed by atoms with Crippen LogP contribution < -0.4 is 0 Å². The van der Waals surface area contributed by atoms with Gasteiger partial charge in [0.25, 0.3) is 0 Å². The van der Waals surface area contributed by atoms with E-state index in [4.69, 9.17) is 5.11 Å². The summed E-state index contributed by atoms with van der Waals surface area (Å²) < 4.78 is 0. The summed E-state index contributed by atoms with van der Waals surface area (Å²) in [5.41, 5.74) is 2.00. The van der Waals surface area contributed by atoms with Crippen molar-refractivity contribution in [2.24, 2.45) is 5.92 Å². The van der Waals surface area contributed by atoms with Crippen LogP contribution in [0.2, 0.25) is 0 Å². The molecule has 3 nitrogen and oxygen atoms in total. The van der Waals surface area contributed by atoms with Gasteiger partial charge >= 0.3 is 5.97 Å². The molecule has 2 rings (SSSR count). The number of ketones is 1. The molecular formula is C17H20O3. The van der Waals surface area contributed by atoms with E-state index >= 15 is 0 Å². The molecule has 1 N–H and O–H groups in total. The molecule has 0 unspecified atom stereocenters. The minimum absolute atomic E-state index is 0.122. The maximum absolute atomic E-state index is 11.4. The fourth-order valence-electron chi connectivity index (χ4n) is 2.91. The first-order chi connectivity index (χ1) is 9.49. The van der Waals surface area contributed by atoms with Gasteiger partial charge in [0, 0.05) is 5.92 Å². The Bertz CT molecular complexity index is 520. The molecule has 106 valence electrons. The van der Waals surface area contributed by atoms with Gasteiger partial charge in [0.15, 0.2) is 0 Å². The van der Waals surface area contributed by atoms with Gasteiger partial charge in [-0.05, 0) is 49.7 Å². The van der Waals surface area contributed by atoms with Crippen LogP contribution in [0, 0.1) is 5.92 Å².